The third kappa shape index (κ3) is 6.28. The molecule has 0 fully saturated rings. The summed E-state index contributed by atoms with van der Waals surface area (Å²) in [6.45, 7) is 5.04. The minimum Gasteiger partial charge on any atom is -0.397 e. The number of hydrogen-bond acceptors (Lipinski definition) is 3. The number of nitrogen functional groups attached to an aromatic ring is 1. The average molecular weight is 351 g/mol. The highest BCUT2D eigenvalue weighted by molar-refractivity contribution is 5.93. The van der Waals surface area contributed by atoms with Crippen LogP contribution in [0.1, 0.15) is 43.7 Å². The number of allylic oxidation sites excluding steroid dienone is 1. The smallest absolute Gasteiger partial charge is 0.224 e. The maximum Gasteiger partial charge on any atom is 0.224 e. The number of nitrogens with one attached hydrogen (secondary N) is 2. The first-order valence-corrected chi connectivity index (χ1v) is 9.21. The zero-order valence-electron chi connectivity index (χ0n) is 15.7. The first kappa shape index (κ1) is 19.6. The second kappa shape index (κ2) is 10.3. The molecule has 0 heterocycles. The Morgan fingerprint density at radius 2 is 1.77 bits per heavy atom. The SMILES string of the molecule is CC=C(NCCCCCC(=O)Nc1ccccc1N)c1ccc(C)cc1. The standard InChI is InChI=1S/C22H29N3O/c1-3-20(18-14-12-17(2)13-15-18)24-16-8-4-5-11-22(26)25-21-10-7-6-9-19(21)23/h3,6-7,9-10,12-15,24H,4-5,8,11,16,23H2,1-2H3,(H,25,26). The summed E-state index contributed by atoms with van der Waals surface area (Å²) in [6.07, 6.45) is 5.53. The van der Waals surface area contributed by atoms with E-state index in [9.17, 15) is 4.79 Å². The Labute approximate surface area is 156 Å². The van der Waals surface area contributed by atoms with Crippen LogP contribution in [0.15, 0.2) is 54.6 Å². The maximum absolute atomic E-state index is 12.0. The minimum atomic E-state index is 0.0182. The van der Waals surface area contributed by atoms with Crippen LogP contribution < -0.4 is 16.4 Å². The van der Waals surface area contributed by atoms with E-state index in [0.717, 1.165) is 31.5 Å². The number of amides is 1. The Balaban J connectivity index is 1.63. The third-order valence-electron chi connectivity index (χ3n) is 4.28. The number of aryl methyl sites for hydroxylation is 1. The molecule has 0 aliphatic carbocycles. The van der Waals surface area contributed by atoms with Gasteiger partial charge in [0.05, 0.1) is 11.4 Å². The molecule has 138 valence electrons. The lowest BCUT2D eigenvalue weighted by Crippen LogP contribution is -2.15. The summed E-state index contributed by atoms with van der Waals surface area (Å²) >= 11 is 0. The molecule has 4 nitrogen and oxygen atoms in total. The molecule has 2 rings (SSSR count). The van der Waals surface area contributed by atoms with Gasteiger partial charge in [0.1, 0.15) is 0 Å². The van der Waals surface area contributed by atoms with Crippen LogP contribution in [0.5, 0.6) is 0 Å². The summed E-state index contributed by atoms with van der Waals surface area (Å²) < 4.78 is 0. The van der Waals surface area contributed by atoms with Gasteiger partial charge in [-0.25, -0.2) is 0 Å². The largest absolute Gasteiger partial charge is 0.397 e. The Kier molecular flexibility index (Phi) is 7.75. The van der Waals surface area contributed by atoms with Crippen molar-refractivity contribution in [3.8, 4) is 0 Å². The Morgan fingerprint density at radius 1 is 1.04 bits per heavy atom. The minimum absolute atomic E-state index is 0.0182. The highest BCUT2D eigenvalue weighted by atomic mass is 16.1. The first-order valence-electron chi connectivity index (χ1n) is 9.21. The number of hydrogen-bond donors (Lipinski definition) is 3. The number of anilines is 2. The van der Waals surface area contributed by atoms with E-state index in [0.29, 0.717) is 17.8 Å². The summed E-state index contributed by atoms with van der Waals surface area (Å²) in [7, 11) is 0. The summed E-state index contributed by atoms with van der Waals surface area (Å²) in [4.78, 5) is 12.0. The van der Waals surface area contributed by atoms with Crippen LogP contribution in [0, 0.1) is 6.92 Å². The van der Waals surface area contributed by atoms with Crippen molar-refractivity contribution in [1.29, 1.82) is 0 Å². The predicted octanol–water partition coefficient (Wildman–Crippen LogP) is 4.73. The second-order valence-electron chi connectivity index (χ2n) is 6.44. The van der Waals surface area contributed by atoms with Gasteiger partial charge >= 0.3 is 0 Å². The molecule has 1 amide bonds. The van der Waals surface area contributed by atoms with Gasteiger partial charge in [0.2, 0.25) is 5.91 Å². The van der Waals surface area contributed by atoms with E-state index in [1.807, 2.05) is 25.1 Å². The van der Waals surface area contributed by atoms with Crippen molar-refractivity contribution in [3.05, 3.63) is 65.7 Å². The molecule has 0 atom stereocenters. The third-order valence-corrected chi connectivity index (χ3v) is 4.28. The molecule has 0 aliphatic rings. The van der Waals surface area contributed by atoms with E-state index in [-0.39, 0.29) is 5.91 Å². The molecule has 0 spiro atoms. The van der Waals surface area contributed by atoms with Crippen molar-refractivity contribution in [3.63, 3.8) is 0 Å². The van der Waals surface area contributed by atoms with Crippen molar-refractivity contribution < 1.29 is 4.79 Å². The van der Waals surface area contributed by atoms with E-state index in [1.165, 1.54) is 11.1 Å². The number of rotatable bonds is 9. The predicted molar refractivity (Wildman–Crippen MR) is 111 cm³/mol. The van der Waals surface area contributed by atoms with E-state index < -0.39 is 0 Å². The molecule has 26 heavy (non-hydrogen) atoms. The van der Waals surface area contributed by atoms with Gasteiger partial charge in [-0.2, -0.15) is 0 Å². The summed E-state index contributed by atoms with van der Waals surface area (Å²) in [5, 5.41) is 6.35. The average Bonchev–Trinajstić information content (AvgIpc) is 2.64. The van der Waals surface area contributed by atoms with Crippen molar-refractivity contribution >= 4 is 23.0 Å². The number of benzene rings is 2. The molecule has 0 radical (unpaired) electrons. The van der Waals surface area contributed by atoms with Gasteiger partial charge in [0.25, 0.3) is 0 Å². The molecule has 0 aliphatic heterocycles. The highest BCUT2D eigenvalue weighted by Gasteiger charge is 2.04. The number of unbranched alkanes of at least 4 members (excludes halogenated alkanes) is 2. The first-order chi connectivity index (χ1) is 12.6. The second-order valence-corrected chi connectivity index (χ2v) is 6.44. The number of carbonyl (C=O) groups excluding carboxylic acids is 1. The van der Waals surface area contributed by atoms with Crippen LogP contribution in [0.3, 0.4) is 0 Å². The van der Waals surface area contributed by atoms with Gasteiger partial charge in [-0.1, -0.05) is 54.5 Å². The Bertz CT molecular complexity index is 735. The fourth-order valence-corrected chi connectivity index (χ4v) is 2.74. The molecule has 2 aromatic rings. The van der Waals surface area contributed by atoms with Gasteiger partial charge in [-0.3, -0.25) is 4.79 Å². The van der Waals surface area contributed by atoms with Gasteiger partial charge in [-0.05, 0) is 44.4 Å². The van der Waals surface area contributed by atoms with E-state index >= 15 is 0 Å². The van der Waals surface area contributed by atoms with Crippen molar-refractivity contribution in [2.24, 2.45) is 0 Å². The molecule has 0 unspecified atom stereocenters. The molecule has 0 bridgehead atoms. The lowest BCUT2D eigenvalue weighted by Gasteiger charge is -2.11. The molecule has 4 heteroatoms. The van der Waals surface area contributed by atoms with Gasteiger partial charge < -0.3 is 16.4 Å². The Morgan fingerprint density at radius 3 is 2.46 bits per heavy atom. The van der Waals surface area contributed by atoms with Crippen LogP contribution >= 0.6 is 0 Å². The monoisotopic (exact) mass is 351 g/mol. The lowest BCUT2D eigenvalue weighted by molar-refractivity contribution is -0.116. The molecule has 0 saturated carbocycles. The van der Waals surface area contributed by atoms with Gasteiger partial charge in [0, 0.05) is 18.7 Å². The van der Waals surface area contributed by atoms with Crippen molar-refractivity contribution in [1.82, 2.24) is 5.32 Å². The van der Waals surface area contributed by atoms with E-state index in [2.05, 4.69) is 47.9 Å². The highest BCUT2D eigenvalue weighted by Crippen LogP contribution is 2.17. The summed E-state index contributed by atoms with van der Waals surface area (Å²) in [6, 6.07) is 15.8. The quantitative estimate of drug-likeness (QED) is 0.452. The fraction of sp³-hybridized carbons (Fsp3) is 0.318. The maximum atomic E-state index is 12.0. The summed E-state index contributed by atoms with van der Waals surface area (Å²) in [5.74, 6) is 0.0182. The fourth-order valence-electron chi connectivity index (χ4n) is 2.74. The zero-order chi connectivity index (χ0) is 18.8. The zero-order valence-corrected chi connectivity index (χ0v) is 15.7. The van der Waals surface area contributed by atoms with Crippen LogP contribution in [0.25, 0.3) is 5.70 Å². The number of para-hydroxylation sites is 2. The van der Waals surface area contributed by atoms with Crippen molar-refractivity contribution in [2.45, 2.75) is 39.5 Å². The molecular weight excluding hydrogens is 322 g/mol. The van der Waals surface area contributed by atoms with Crippen LogP contribution in [0.4, 0.5) is 11.4 Å². The van der Waals surface area contributed by atoms with Crippen LogP contribution in [0.2, 0.25) is 0 Å². The Hall–Kier alpha value is -2.75. The topological polar surface area (TPSA) is 67.2 Å². The van der Waals surface area contributed by atoms with Crippen LogP contribution in [-0.2, 0) is 4.79 Å². The van der Waals surface area contributed by atoms with Gasteiger partial charge in [-0.15, -0.1) is 0 Å². The van der Waals surface area contributed by atoms with E-state index in [4.69, 9.17) is 5.73 Å². The normalized spacial score (nSPS) is 11.2. The molecule has 2 aromatic carbocycles. The number of nitrogens with two attached hydrogens (primary N) is 1. The molecule has 0 aromatic heterocycles. The molecular formula is C22H29N3O. The molecule has 4 N–H and O–H groups in total. The molecule has 0 saturated heterocycles. The van der Waals surface area contributed by atoms with Crippen LogP contribution in [-0.4, -0.2) is 12.5 Å². The number of carbonyl (C=O) groups is 1. The van der Waals surface area contributed by atoms with Gasteiger partial charge in [0.15, 0.2) is 0 Å². The van der Waals surface area contributed by atoms with E-state index in [1.54, 1.807) is 6.07 Å². The lowest BCUT2D eigenvalue weighted by atomic mass is 10.1. The van der Waals surface area contributed by atoms with Crippen molar-refractivity contribution in [2.75, 3.05) is 17.6 Å². The summed E-state index contributed by atoms with van der Waals surface area (Å²) in [5.41, 5.74) is 10.7.